The molecule has 0 bridgehead atoms. The maximum Gasteiger partial charge on any atom is 0.253 e. The van der Waals surface area contributed by atoms with Crippen molar-refractivity contribution < 1.29 is 9.59 Å². The van der Waals surface area contributed by atoms with Crippen molar-refractivity contribution in [3.63, 3.8) is 0 Å². The Morgan fingerprint density at radius 2 is 1.64 bits per heavy atom. The number of halogens is 1. The minimum absolute atomic E-state index is 0.311. The molecule has 1 aliphatic rings. The first-order valence-corrected chi connectivity index (χ1v) is 9.13. The molecule has 5 nitrogen and oxygen atoms in total. The predicted molar refractivity (Wildman–Crippen MR) is 98.6 cm³/mol. The lowest BCUT2D eigenvalue weighted by molar-refractivity contribution is -0.134. The summed E-state index contributed by atoms with van der Waals surface area (Å²) in [4.78, 5) is 40.2. The number of rotatable bonds is 4. The number of nitrogens with zero attached hydrogens (tertiary/aromatic N) is 2. The predicted octanol–water partition coefficient (Wildman–Crippen LogP) is 3.05. The number of amides is 1. The molecule has 1 unspecified atom stereocenters. The average molecular weight is 403 g/mol. The Labute approximate surface area is 154 Å². The average Bonchev–Trinajstić information content (AvgIpc) is 2.66. The lowest BCUT2D eigenvalue weighted by atomic mass is 10.0. The van der Waals surface area contributed by atoms with Gasteiger partial charge in [0.15, 0.2) is 11.8 Å². The second-order valence-corrected chi connectivity index (χ2v) is 7.03. The van der Waals surface area contributed by atoms with E-state index in [-0.39, 0.29) is 17.2 Å². The van der Waals surface area contributed by atoms with Crippen molar-refractivity contribution >= 4 is 27.6 Å². The SMILES string of the molecule is O=C(c1ccccc1)C(C(=O)N1CCCCC1)n1cc(Br)ccc1=O. The third kappa shape index (κ3) is 3.90. The molecule has 1 aromatic heterocycles. The first-order chi connectivity index (χ1) is 12.1. The highest BCUT2D eigenvalue weighted by atomic mass is 79.9. The molecule has 1 amide bonds. The van der Waals surface area contributed by atoms with E-state index >= 15 is 0 Å². The van der Waals surface area contributed by atoms with E-state index in [0.717, 1.165) is 19.3 Å². The van der Waals surface area contributed by atoms with E-state index in [0.29, 0.717) is 23.1 Å². The lowest BCUT2D eigenvalue weighted by Gasteiger charge is -2.30. The molecule has 0 N–H and O–H groups in total. The zero-order chi connectivity index (χ0) is 17.8. The van der Waals surface area contributed by atoms with E-state index in [1.54, 1.807) is 35.2 Å². The summed E-state index contributed by atoms with van der Waals surface area (Å²) in [6.07, 6.45) is 4.43. The number of carbonyl (C=O) groups excluding carboxylic acids is 2. The fourth-order valence-electron chi connectivity index (χ4n) is 3.08. The molecule has 3 rings (SSSR count). The summed E-state index contributed by atoms with van der Waals surface area (Å²) in [5, 5.41) is 0. The molecule has 0 aliphatic carbocycles. The van der Waals surface area contributed by atoms with Crippen LogP contribution in [0.5, 0.6) is 0 Å². The maximum atomic E-state index is 13.1. The van der Waals surface area contributed by atoms with Crippen molar-refractivity contribution in [3.05, 3.63) is 69.1 Å². The van der Waals surface area contributed by atoms with Gasteiger partial charge in [0.2, 0.25) is 0 Å². The fourth-order valence-corrected chi connectivity index (χ4v) is 3.44. The normalized spacial score (nSPS) is 15.6. The molecule has 0 spiro atoms. The smallest absolute Gasteiger partial charge is 0.253 e. The summed E-state index contributed by atoms with van der Waals surface area (Å²) in [7, 11) is 0. The zero-order valence-electron chi connectivity index (χ0n) is 13.7. The van der Waals surface area contributed by atoms with Gasteiger partial charge in [0.05, 0.1) is 0 Å². The molecule has 0 radical (unpaired) electrons. The van der Waals surface area contributed by atoms with E-state index in [1.807, 2.05) is 6.07 Å². The Morgan fingerprint density at radius 1 is 0.960 bits per heavy atom. The number of aromatic nitrogens is 1. The molecule has 1 aromatic carbocycles. The monoisotopic (exact) mass is 402 g/mol. The molecule has 25 heavy (non-hydrogen) atoms. The first kappa shape index (κ1) is 17.6. The lowest BCUT2D eigenvalue weighted by Crippen LogP contribution is -2.45. The number of hydrogen-bond donors (Lipinski definition) is 0. The number of likely N-dealkylation sites (tertiary alicyclic amines) is 1. The minimum atomic E-state index is -1.18. The number of benzene rings is 1. The third-order valence-electron chi connectivity index (χ3n) is 4.39. The molecule has 2 aromatic rings. The Kier molecular flexibility index (Phi) is 5.48. The fraction of sp³-hybridized carbons (Fsp3) is 0.316. The standard InChI is InChI=1S/C19H19BrN2O3/c20-15-9-10-16(23)22(13-15)17(18(24)14-7-3-1-4-8-14)19(25)21-11-5-2-6-12-21/h1,3-4,7-10,13,17H,2,5-6,11-12H2. The van der Waals surface area contributed by atoms with Crippen molar-refractivity contribution in [3.8, 4) is 0 Å². The van der Waals surface area contributed by atoms with Gasteiger partial charge in [-0.3, -0.25) is 19.0 Å². The molecular formula is C19H19BrN2O3. The Morgan fingerprint density at radius 3 is 2.32 bits per heavy atom. The van der Waals surface area contributed by atoms with Gasteiger partial charge in [0.25, 0.3) is 11.5 Å². The Bertz CT molecular complexity index is 826. The van der Waals surface area contributed by atoms with Gasteiger partial charge in [0, 0.05) is 35.4 Å². The van der Waals surface area contributed by atoms with Crippen LogP contribution in [0.3, 0.4) is 0 Å². The van der Waals surface area contributed by atoms with Crippen LogP contribution in [0, 0.1) is 0 Å². The van der Waals surface area contributed by atoms with Crippen LogP contribution in [-0.2, 0) is 4.79 Å². The highest BCUT2D eigenvalue weighted by Crippen LogP contribution is 2.21. The van der Waals surface area contributed by atoms with Gasteiger partial charge in [-0.15, -0.1) is 0 Å². The van der Waals surface area contributed by atoms with E-state index in [2.05, 4.69) is 15.9 Å². The summed E-state index contributed by atoms with van der Waals surface area (Å²) in [5.41, 5.74) is 0.0487. The summed E-state index contributed by atoms with van der Waals surface area (Å²) >= 11 is 3.32. The van der Waals surface area contributed by atoms with Crippen molar-refractivity contribution in [2.45, 2.75) is 25.3 Å². The number of carbonyl (C=O) groups is 2. The summed E-state index contributed by atoms with van der Waals surface area (Å²) < 4.78 is 1.88. The van der Waals surface area contributed by atoms with Crippen LogP contribution in [-0.4, -0.2) is 34.2 Å². The van der Waals surface area contributed by atoms with Crippen LogP contribution in [0.25, 0.3) is 0 Å². The van der Waals surface area contributed by atoms with Gasteiger partial charge in [-0.2, -0.15) is 0 Å². The van der Waals surface area contributed by atoms with Crippen molar-refractivity contribution in [2.75, 3.05) is 13.1 Å². The van der Waals surface area contributed by atoms with Crippen LogP contribution in [0.2, 0.25) is 0 Å². The van der Waals surface area contributed by atoms with E-state index < -0.39 is 6.04 Å². The largest absolute Gasteiger partial charge is 0.340 e. The number of Topliss-reactive ketones (excluding diaryl/α,β-unsaturated/α-hetero) is 1. The molecule has 0 saturated carbocycles. The Balaban J connectivity index is 2.04. The number of piperidine rings is 1. The van der Waals surface area contributed by atoms with Gasteiger partial charge in [-0.05, 0) is 41.3 Å². The van der Waals surface area contributed by atoms with Gasteiger partial charge in [-0.1, -0.05) is 30.3 Å². The van der Waals surface area contributed by atoms with Gasteiger partial charge in [-0.25, -0.2) is 0 Å². The third-order valence-corrected chi connectivity index (χ3v) is 4.86. The molecule has 1 saturated heterocycles. The van der Waals surface area contributed by atoms with Crippen LogP contribution in [0.1, 0.15) is 35.7 Å². The number of hydrogen-bond acceptors (Lipinski definition) is 3. The van der Waals surface area contributed by atoms with Gasteiger partial charge in [0.1, 0.15) is 0 Å². The molecule has 130 valence electrons. The number of pyridine rings is 1. The molecule has 1 fully saturated rings. The minimum Gasteiger partial charge on any atom is -0.340 e. The van der Waals surface area contributed by atoms with E-state index in [9.17, 15) is 14.4 Å². The second kappa shape index (κ2) is 7.78. The van der Waals surface area contributed by atoms with Crippen molar-refractivity contribution in [1.29, 1.82) is 0 Å². The quantitative estimate of drug-likeness (QED) is 0.583. The van der Waals surface area contributed by atoms with Crippen molar-refractivity contribution in [1.82, 2.24) is 9.47 Å². The number of ketones is 1. The summed E-state index contributed by atoms with van der Waals surface area (Å²) in [6.45, 7) is 1.25. The highest BCUT2D eigenvalue weighted by molar-refractivity contribution is 9.10. The second-order valence-electron chi connectivity index (χ2n) is 6.11. The van der Waals surface area contributed by atoms with Crippen LogP contribution in [0.15, 0.2) is 57.9 Å². The van der Waals surface area contributed by atoms with Gasteiger partial charge < -0.3 is 4.90 Å². The highest BCUT2D eigenvalue weighted by Gasteiger charge is 2.34. The zero-order valence-corrected chi connectivity index (χ0v) is 15.3. The topological polar surface area (TPSA) is 59.4 Å². The summed E-state index contributed by atoms with van der Waals surface area (Å²) in [6, 6.07) is 10.4. The van der Waals surface area contributed by atoms with Crippen LogP contribution < -0.4 is 5.56 Å². The van der Waals surface area contributed by atoms with E-state index in [1.165, 1.54) is 16.8 Å². The summed E-state index contributed by atoms with van der Waals surface area (Å²) in [5.74, 6) is -0.676. The first-order valence-electron chi connectivity index (χ1n) is 8.33. The molecule has 2 heterocycles. The molecule has 6 heteroatoms. The molecular weight excluding hydrogens is 384 g/mol. The molecule has 1 atom stereocenters. The van der Waals surface area contributed by atoms with E-state index in [4.69, 9.17) is 0 Å². The molecule has 1 aliphatic heterocycles. The van der Waals surface area contributed by atoms with Gasteiger partial charge >= 0.3 is 0 Å². The van der Waals surface area contributed by atoms with Crippen LogP contribution in [0.4, 0.5) is 0 Å². The maximum absolute atomic E-state index is 13.1. The van der Waals surface area contributed by atoms with Crippen LogP contribution >= 0.6 is 15.9 Å². The Hall–Kier alpha value is -2.21. The van der Waals surface area contributed by atoms with Crippen molar-refractivity contribution in [2.24, 2.45) is 0 Å².